The van der Waals surface area contributed by atoms with Crippen LogP contribution in [0.4, 0.5) is 0 Å². The van der Waals surface area contributed by atoms with Gasteiger partial charge in [0.2, 0.25) is 6.79 Å². The molecule has 0 aliphatic carbocycles. The lowest BCUT2D eigenvalue weighted by Gasteiger charge is -2.35. The van der Waals surface area contributed by atoms with Crippen LogP contribution < -0.4 is 15.2 Å². The van der Waals surface area contributed by atoms with E-state index < -0.39 is 0 Å². The summed E-state index contributed by atoms with van der Waals surface area (Å²) in [5.41, 5.74) is 6.32. The Bertz CT molecular complexity index is 502. The van der Waals surface area contributed by atoms with Crippen LogP contribution in [0.3, 0.4) is 0 Å². The summed E-state index contributed by atoms with van der Waals surface area (Å²) in [5.74, 6) is 1.43. The van der Waals surface area contributed by atoms with E-state index in [0.29, 0.717) is 23.6 Å². The third-order valence-corrected chi connectivity index (χ3v) is 4.01. The predicted molar refractivity (Wildman–Crippen MR) is 74.9 cm³/mol. The van der Waals surface area contributed by atoms with Gasteiger partial charge in [-0.3, -0.25) is 4.79 Å². The van der Waals surface area contributed by atoms with E-state index in [-0.39, 0.29) is 18.7 Å². The molecule has 2 aliphatic rings. The predicted octanol–water partition coefficient (Wildman–Crippen LogP) is 1.76. The Morgan fingerprint density at radius 3 is 3.00 bits per heavy atom. The van der Waals surface area contributed by atoms with Crippen LogP contribution in [0.1, 0.15) is 36.0 Å². The first kappa shape index (κ1) is 13.2. The Balaban J connectivity index is 1.80. The molecule has 5 heteroatoms. The molecule has 5 nitrogen and oxygen atoms in total. The monoisotopic (exact) mass is 276 g/mol. The van der Waals surface area contributed by atoms with Gasteiger partial charge in [-0.15, -0.1) is 0 Å². The van der Waals surface area contributed by atoms with Gasteiger partial charge in [0.1, 0.15) is 0 Å². The lowest BCUT2D eigenvalue weighted by molar-refractivity contribution is 0.0604. The number of carbonyl (C=O) groups excluding carboxylic acids is 1. The standard InChI is InChI=1S/C15H20N2O3/c16-7-6-12-3-1-2-8-17(12)15(18)11-4-5-13-14(9-11)20-10-19-13/h4-5,9,12H,1-3,6-8,10,16H2. The van der Waals surface area contributed by atoms with Crippen molar-refractivity contribution >= 4 is 5.91 Å². The molecule has 0 bridgehead atoms. The zero-order chi connectivity index (χ0) is 13.9. The van der Waals surface area contributed by atoms with Crippen LogP contribution in [0.15, 0.2) is 18.2 Å². The summed E-state index contributed by atoms with van der Waals surface area (Å²) >= 11 is 0. The van der Waals surface area contributed by atoms with Gasteiger partial charge in [-0.2, -0.15) is 0 Å². The molecule has 20 heavy (non-hydrogen) atoms. The van der Waals surface area contributed by atoms with Crippen molar-refractivity contribution in [1.82, 2.24) is 4.90 Å². The quantitative estimate of drug-likeness (QED) is 0.913. The van der Waals surface area contributed by atoms with E-state index in [4.69, 9.17) is 15.2 Å². The summed E-state index contributed by atoms with van der Waals surface area (Å²) < 4.78 is 10.6. The highest BCUT2D eigenvalue weighted by molar-refractivity contribution is 5.95. The maximum absolute atomic E-state index is 12.7. The SMILES string of the molecule is NCCC1CCCCN1C(=O)c1ccc2c(c1)OCO2. The normalized spacial score (nSPS) is 21.1. The highest BCUT2D eigenvalue weighted by Gasteiger charge is 2.27. The first-order valence-electron chi connectivity index (χ1n) is 7.20. The summed E-state index contributed by atoms with van der Waals surface area (Å²) in [5, 5.41) is 0. The Labute approximate surface area is 118 Å². The van der Waals surface area contributed by atoms with Gasteiger partial charge in [0.15, 0.2) is 11.5 Å². The summed E-state index contributed by atoms with van der Waals surface area (Å²) in [7, 11) is 0. The lowest BCUT2D eigenvalue weighted by Crippen LogP contribution is -2.44. The molecule has 0 saturated carbocycles. The van der Waals surface area contributed by atoms with Gasteiger partial charge in [0, 0.05) is 18.2 Å². The van der Waals surface area contributed by atoms with Gasteiger partial charge < -0.3 is 20.1 Å². The van der Waals surface area contributed by atoms with Crippen LogP contribution in [0.25, 0.3) is 0 Å². The minimum atomic E-state index is 0.0708. The van der Waals surface area contributed by atoms with Gasteiger partial charge in [0.25, 0.3) is 5.91 Å². The molecular formula is C15H20N2O3. The molecule has 1 aromatic rings. The van der Waals surface area contributed by atoms with E-state index in [0.717, 1.165) is 25.8 Å². The number of hydrogen-bond acceptors (Lipinski definition) is 4. The largest absolute Gasteiger partial charge is 0.454 e. The molecule has 0 spiro atoms. The number of nitrogens with two attached hydrogens (primary N) is 1. The number of fused-ring (bicyclic) bond motifs is 1. The molecule has 2 N–H and O–H groups in total. The number of nitrogens with zero attached hydrogens (tertiary/aromatic N) is 1. The van der Waals surface area contributed by atoms with E-state index in [1.54, 1.807) is 12.1 Å². The van der Waals surface area contributed by atoms with Crippen LogP contribution in [-0.4, -0.2) is 36.7 Å². The van der Waals surface area contributed by atoms with E-state index in [1.165, 1.54) is 6.42 Å². The Hall–Kier alpha value is -1.75. The van der Waals surface area contributed by atoms with Crippen molar-refractivity contribution in [3.8, 4) is 11.5 Å². The Morgan fingerprint density at radius 1 is 1.30 bits per heavy atom. The summed E-state index contributed by atoms with van der Waals surface area (Å²) in [6.07, 6.45) is 4.16. The number of hydrogen-bond donors (Lipinski definition) is 1. The molecule has 0 radical (unpaired) electrons. The van der Waals surface area contributed by atoms with Crippen LogP contribution in [0, 0.1) is 0 Å². The lowest BCUT2D eigenvalue weighted by atomic mass is 9.98. The number of amides is 1. The van der Waals surface area contributed by atoms with E-state index >= 15 is 0 Å². The zero-order valence-corrected chi connectivity index (χ0v) is 11.5. The van der Waals surface area contributed by atoms with Gasteiger partial charge in [-0.05, 0) is 50.4 Å². The zero-order valence-electron chi connectivity index (χ0n) is 11.5. The third-order valence-electron chi connectivity index (χ3n) is 4.01. The Kier molecular flexibility index (Phi) is 3.78. The fraction of sp³-hybridized carbons (Fsp3) is 0.533. The van der Waals surface area contributed by atoms with Crippen molar-refractivity contribution in [2.45, 2.75) is 31.7 Å². The van der Waals surface area contributed by atoms with Gasteiger partial charge in [0.05, 0.1) is 0 Å². The number of benzene rings is 1. The molecule has 1 amide bonds. The highest BCUT2D eigenvalue weighted by atomic mass is 16.7. The first-order valence-corrected chi connectivity index (χ1v) is 7.20. The number of carbonyl (C=O) groups is 1. The number of likely N-dealkylation sites (tertiary alicyclic amines) is 1. The van der Waals surface area contributed by atoms with Crippen molar-refractivity contribution in [1.29, 1.82) is 0 Å². The maximum atomic E-state index is 12.7. The van der Waals surface area contributed by atoms with E-state index in [1.807, 2.05) is 11.0 Å². The summed E-state index contributed by atoms with van der Waals surface area (Å²) in [6.45, 7) is 1.67. The molecule has 2 aliphatic heterocycles. The molecule has 108 valence electrons. The molecular weight excluding hydrogens is 256 g/mol. The van der Waals surface area contributed by atoms with Crippen molar-refractivity contribution in [3.05, 3.63) is 23.8 Å². The van der Waals surface area contributed by atoms with Gasteiger partial charge in [-0.25, -0.2) is 0 Å². The van der Waals surface area contributed by atoms with Crippen molar-refractivity contribution in [2.24, 2.45) is 5.73 Å². The summed E-state index contributed by atoms with van der Waals surface area (Å²) in [4.78, 5) is 14.6. The van der Waals surface area contributed by atoms with Gasteiger partial charge in [-0.1, -0.05) is 0 Å². The fourth-order valence-corrected chi connectivity index (χ4v) is 2.96. The number of rotatable bonds is 3. The molecule has 3 rings (SSSR count). The van der Waals surface area contributed by atoms with Crippen LogP contribution in [0.2, 0.25) is 0 Å². The summed E-state index contributed by atoms with van der Waals surface area (Å²) in [6, 6.07) is 5.66. The van der Waals surface area contributed by atoms with Crippen LogP contribution >= 0.6 is 0 Å². The average molecular weight is 276 g/mol. The fourth-order valence-electron chi connectivity index (χ4n) is 2.96. The molecule has 1 saturated heterocycles. The Morgan fingerprint density at radius 2 is 2.15 bits per heavy atom. The highest BCUT2D eigenvalue weighted by Crippen LogP contribution is 2.33. The average Bonchev–Trinajstić information content (AvgIpc) is 2.95. The molecule has 1 atom stereocenters. The molecule has 1 unspecified atom stereocenters. The van der Waals surface area contributed by atoms with Crippen molar-refractivity contribution < 1.29 is 14.3 Å². The minimum absolute atomic E-state index is 0.0708. The van der Waals surface area contributed by atoms with Crippen LogP contribution in [-0.2, 0) is 0 Å². The molecule has 2 heterocycles. The number of ether oxygens (including phenoxy) is 2. The second-order valence-corrected chi connectivity index (χ2v) is 5.29. The maximum Gasteiger partial charge on any atom is 0.254 e. The third kappa shape index (κ3) is 2.45. The first-order chi connectivity index (χ1) is 9.79. The second-order valence-electron chi connectivity index (χ2n) is 5.29. The smallest absolute Gasteiger partial charge is 0.254 e. The number of piperidine rings is 1. The van der Waals surface area contributed by atoms with E-state index in [9.17, 15) is 4.79 Å². The topological polar surface area (TPSA) is 64.8 Å². The van der Waals surface area contributed by atoms with Crippen LogP contribution in [0.5, 0.6) is 11.5 Å². The van der Waals surface area contributed by atoms with Crippen molar-refractivity contribution in [3.63, 3.8) is 0 Å². The minimum Gasteiger partial charge on any atom is -0.454 e. The molecule has 1 fully saturated rings. The molecule has 0 aromatic heterocycles. The molecule has 1 aromatic carbocycles. The van der Waals surface area contributed by atoms with Gasteiger partial charge >= 0.3 is 0 Å². The van der Waals surface area contributed by atoms with Crippen molar-refractivity contribution in [2.75, 3.05) is 19.9 Å². The second kappa shape index (κ2) is 5.71. The van der Waals surface area contributed by atoms with E-state index in [2.05, 4.69) is 0 Å².